The van der Waals surface area contributed by atoms with Crippen LogP contribution >= 0.6 is 0 Å². The lowest BCUT2D eigenvalue weighted by atomic mass is 10.2. The molecule has 0 aromatic carbocycles. The van der Waals surface area contributed by atoms with Gasteiger partial charge in [-0.25, -0.2) is 0 Å². The number of hydrogen-bond donors (Lipinski definition) is 1. The monoisotopic (exact) mass is 223 g/mol. The van der Waals surface area contributed by atoms with Gasteiger partial charge in [-0.05, 0) is 31.6 Å². The van der Waals surface area contributed by atoms with Crippen LogP contribution in [0.25, 0.3) is 0 Å². The Morgan fingerprint density at radius 3 is 2.31 bits per heavy atom. The topological polar surface area (TPSA) is 49.6 Å². The standard InChI is InChI=1S/C12H21N3O/c13-12(3-4-12)11(16)15-7-5-14(6-8-15)9-10-1-2-10/h10H,1-9,13H2. The highest BCUT2D eigenvalue weighted by molar-refractivity contribution is 5.89. The molecule has 2 aliphatic carbocycles. The summed E-state index contributed by atoms with van der Waals surface area (Å²) in [6, 6.07) is 0. The minimum absolute atomic E-state index is 0.193. The summed E-state index contributed by atoms with van der Waals surface area (Å²) >= 11 is 0. The second-order valence-corrected chi connectivity index (χ2v) is 5.69. The Hall–Kier alpha value is -0.610. The number of amides is 1. The van der Waals surface area contributed by atoms with Gasteiger partial charge >= 0.3 is 0 Å². The van der Waals surface area contributed by atoms with Crippen LogP contribution in [0.15, 0.2) is 0 Å². The largest absolute Gasteiger partial charge is 0.339 e. The Morgan fingerprint density at radius 2 is 1.81 bits per heavy atom. The first kappa shape index (κ1) is 10.5. The van der Waals surface area contributed by atoms with Gasteiger partial charge in [-0.2, -0.15) is 0 Å². The molecule has 3 rings (SSSR count). The van der Waals surface area contributed by atoms with Crippen LogP contribution in [0.2, 0.25) is 0 Å². The fourth-order valence-corrected chi connectivity index (χ4v) is 2.46. The summed E-state index contributed by atoms with van der Waals surface area (Å²) in [5.41, 5.74) is 5.47. The third-order valence-electron chi connectivity index (χ3n) is 4.09. The summed E-state index contributed by atoms with van der Waals surface area (Å²) in [4.78, 5) is 16.5. The Labute approximate surface area is 96.8 Å². The fourth-order valence-electron chi connectivity index (χ4n) is 2.46. The first-order chi connectivity index (χ1) is 7.67. The predicted octanol–water partition coefficient (Wildman–Crippen LogP) is 0.0319. The van der Waals surface area contributed by atoms with Crippen molar-refractivity contribution < 1.29 is 4.79 Å². The van der Waals surface area contributed by atoms with Crippen molar-refractivity contribution in [3.63, 3.8) is 0 Å². The van der Waals surface area contributed by atoms with E-state index in [1.54, 1.807) is 0 Å². The van der Waals surface area contributed by atoms with Gasteiger partial charge in [0.15, 0.2) is 0 Å². The third kappa shape index (κ3) is 2.09. The zero-order chi connectivity index (χ0) is 11.2. The lowest BCUT2D eigenvalue weighted by Gasteiger charge is -2.36. The van der Waals surface area contributed by atoms with Crippen molar-refractivity contribution in [3.8, 4) is 0 Å². The van der Waals surface area contributed by atoms with E-state index in [1.165, 1.54) is 19.4 Å². The zero-order valence-corrected chi connectivity index (χ0v) is 9.82. The first-order valence-electron chi connectivity index (χ1n) is 6.48. The van der Waals surface area contributed by atoms with Gasteiger partial charge in [0.25, 0.3) is 0 Å². The van der Waals surface area contributed by atoms with E-state index < -0.39 is 5.54 Å². The molecule has 16 heavy (non-hydrogen) atoms. The lowest BCUT2D eigenvalue weighted by molar-refractivity contribution is -0.135. The molecule has 3 aliphatic rings. The minimum atomic E-state index is -0.474. The van der Waals surface area contributed by atoms with Gasteiger partial charge < -0.3 is 10.6 Å². The third-order valence-corrected chi connectivity index (χ3v) is 4.09. The molecular weight excluding hydrogens is 202 g/mol. The van der Waals surface area contributed by atoms with E-state index in [4.69, 9.17) is 5.73 Å². The van der Waals surface area contributed by atoms with Gasteiger partial charge in [-0.15, -0.1) is 0 Å². The highest BCUT2D eigenvalue weighted by Crippen LogP contribution is 2.34. The number of carbonyl (C=O) groups is 1. The molecule has 0 bridgehead atoms. The molecule has 1 aliphatic heterocycles. The molecule has 0 aromatic heterocycles. The summed E-state index contributed by atoms with van der Waals surface area (Å²) in [6.45, 7) is 5.08. The Morgan fingerprint density at radius 1 is 1.19 bits per heavy atom. The Balaban J connectivity index is 1.48. The van der Waals surface area contributed by atoms with E-state index in [9.17, 15) is 4.79 Å². The van der Waals surface area contributed by atoms with Crippen molar-refractivity contribution >= 4 is 5.91 Å². The molecular formula is C12H21N3O. The van der Waals surface area contributed by atoms with Crippen molar-refractivity contribution in [3.05, 3.63) is 0 Å². The molecule has 0 radical (unpaired) electrons. The molecule has 2 N–H and O–H groups in total. The normalized spacial score (nSPS) is 29.2. The molecule has 1 saturated heterocycles. The van der Waals surface area contributed by atoms with E-state index in [0.29, 0.717) is 0 Å². The number of nitrogens with zero attached hydrogens (tertiary/aromatic N) is 2. The van der Waals surface area contributed by atoms with Gasteiger partial charge in [-0.1, -0.05) is 0 Å². The molecule has 4 heteroatoms. The van der Waals surface area contributed by atoms with Crippen LogP contribution in [0.3, 0.4) is 0 Å². The van der Waals surface area contributed by atoms with Gasteiger partial charge in [0.05, 0.1) is 5.54 Å². The molecule has 0 aromatic rings. The van der Waals surface area contributed by atoms with Crippen molar-refractivity contribution in [2.45, 2.75) is 31.2 Å². The van der Waals surface area contributed by atoms with Crippen molar-refractivity contribution in [2.24, 2.45) is 11.7 Å². The van der Waals surface area contributed by atoms with Crippen molar-refractivity contribution in [2.75, 3.05) is 32.7 Å². The summed E-state index contributed by atoms with van der Waals surface area (Å²) in [7, 11) is 0. The number of carbonyl (C=O) groups excluding carboxylic acids is 1. The van der Waals surface area contributed by atoms with Crippen LogP contribution in [0, 0.1) is 5.92 Å². The predicted molar refractivity (Wildman–Crippen MR) is 61.9 cm³/mol. The number of hydrogen-bond acceptors (Lipinski definition) is 3. The maximum Gasteiger partial charge on any atom is 0.242 e. The molecule has 1 heterocycles. The highest BCUT2D eigenvalue weighted by Gasteiger charge is 2.48. The molecule has 0 spiro atoms. The van der Waals surface area contributed by atoms with Crippen LogP contribution in [0.5, 0.6) is 0 Å². The number of rotatable bonds is 3. The van der Waals surface area contributed by atoms with Crippen LogP contribution < -0.4 is 5.73 Å². The van der Waals surface area contributed by atoms with Crippen LogP contribution in [-0.4, -0.2) is 54.0 Å². The Bertz CT molecular complexity index is 289. The first-order valence-corrected chi connectivity index (χ1v) is 6.48. The zero-order valence-electron chi connectivity index (χ0n) is 9.82. The van der Waals surface area contributed by atoms with Crippen LogP contribution in [-0.2, 0) is 4.79 Å². The van der Waals surface area contributed by atoms with E-state index in [2.05, 4.69) is 4.90 Å². The molecule has 3 fully saturated rings. The van der Waals surface area contributed by atoms with Gasteiger partial charge in [0, 0.05) is 32.7 Å². The summed E-state index contributed by atoms with van der Waals surface area (Å²) in [5.74, 6) is 1.14. The molecule has 4 nitrogen and oxygen atoms in total. The Kier molecular flexibility index (Phi) is 2.44. The molecule has 0 atom stereocenters. The van der Waals surface area contributed by atoms with E-state index in [1.807, 2.05) is 4.90 Å². The van der Waals surface area contributed by atoms with Gasteiger partial charge in [0.1, 0.15) is 0 Å². The summed E-state index contributed by atoms with van der Waals surface area (Å²) < 4.78 is 0. The maximum atomic E-state index is 12.0. The molecule has 90 valence electrons. The number of piperazine rings is 1. The van der Waals surface area contributed by atoms with E-state index in [0.717, 1.165) is 44.9 Å². The lowest BCUT2D eigenvalue weighted by Crippen LogP contribution is -2.54. The fraction of sp³-hybridized carbons (Fsp3) is 0.917. The van der Waals surface area contributed by atoms with E-state index >= 15 is 0 Å². The summed E-state index contributed by atoms with van der Waals surface area (Å²) in [6.07, 6.45) is 4.58. The van der Waals surface area contributed by atoms with E-state index in [-0.39, 0.29) is 5.91 Å². The van der Waals surface area contributed by atoms with Gasteiger partial charge in [0.2, 0.25) is 5.91 Å². The molecule has 2 saturated carbocycles. The second kappa shape index (κ2) is 3.70. The smallest absolute Gasteiger partial charge is 0.242 e. The van der Waals surface area contributed by atoms with Crippen molar-refractivity contribution in [1.29, 1.82) is 0 Å². The highest BCUT2D eigenvalue weighted by atomic mass is 16.2. The van der Waals surface area contributed by atoms with Crippen LogP contribution in [0.1, 0.15) is 25.7 Å². The molecule has 1 amide bonds. The second-order valence-electron chi connectivity index (χ2n) is 5.69. The molecule has 0 unspecified atom stereocenters. The SMILES string of the molecule is NC1(C(=O)N2CCN(CC3CC3)CC2)CC1. The minimum Gasteiger partial charge on any atom is -0.339 e. The van der Waals surface area contributed by atoms with Crippen molar-refractivity contribution in [1.82, 2.24) is 9.80 Å². The average molecular weight is 223 g/mol. The average Bonchev–Trinajstić information content (AvgIpc) is 3.18. The number of nitrogens with two attached hydrogens (primary N) is 1. The van der Waals surface area contributed by atoms with Crippen LogP contribution in [0.4, 0.5) is 0 Å². The summed E-state index contributed by atoms with van der Waals surface area (Å²) in [5, 5.41) is 0. The maximum absolute atomic E-state index is 12.0. The van der Waals surface area contributed by atoms with Gasteiger partial charge in [-0.3, -0.25) is 9.69 Å². The quantitative estimate of drug-likeness (QED) is 0.734.